The number of hydrogen-bond donors (Lipinski definition) is 1. The highest BCUT2D eigenvalue weighted by atomic mass is 79.9. The molecule has 0 aromatic heterocycles. The molecule has 1 fully saturated rings. The number of nitrogens with one attached hydrogen (secondary N) is 1. The van der Waals surface area contributed by atoms with Crippen molar-refractivity contribution in [2.75, 3.05) is 5.32 Å². The lowest BCUT2D eigenvalue weighted by atomic mass is 9.75. The summed E-state index contributed by atoms with van der Waals surface area (Å²) >= 11 is 3.63. The number of benzene rings is 2. The molecule has 1 aliphatic carbocycles. The van der Waals surface area contributed by atoms with Gasteiger partial charge < -0.3 is 5.32 Å². The van der Waals surface area contributed by atoms with Crippen molar-refractivity contribution in [1.82, 2.24) is 0 Å². The first-order valence-electron chi connectivity index (χ1n) is 7.21. The van der Waals surface area contributed by atoms with Crippen molar-refractivity contribution < 1.29 is 0 Å². The third-order valence-electron chi connectivity index (χ3n) is 4.17. The van der Waals surface area contributed by atoms with E-state index in [0.717, 1.165) is 10.4 Å². The minimum absolute atomic E-state index is 0.598. The van der Waals surface area contributed by atoms with Gasteiger partial charge in [0.15, 0.2) is 0 Å². The molecule has 0 spiro atoms. The van der Waals surface area contributed by atoms with Crippen LogP contribution in [-0.4, -0.2) is 6.04 Å². The molecule has 0 unspecified atom stereocenters. The lowest BCUT2D eigenvalue weighted by molar-refractivity contribution is 0.374. The summed E-state index contributed by atoms with van der Waals surface area (Å²) in [7, 11) is 0. The van der Waals surface area contributed by atoms with Crippen LogP contribution in [0.5, 0.6) is 0 Å². The Morgan fingerprint density at radius 2 is 1.60 bits per heavy atom. The van der Waals surface area contributed by atoms with Crippen LogP contribution >= 0.6 is 15.9 Å². The summed E-state index contributed by atoms with van der Waals surface area (Å²) in [6.07, 6.45) is 2.45. The fraction of sp³-hybridized carbons (Fsp3) is 0.333. The second kappa shape index (κ2) is 5.61. The zero-order valence-corrected chi connectivity index (χ0v) is 13.6. The quantitative estimate of drug-likeness (QED) is 0.792. The van der Waals surface area contributed by atoms with Crippen molar-refractivity contribution in [3.05, 3.63) is 63.6 Å². The summed E-state index contributed by atoms with van der Waals surface area (Å²) in [5.41, 5.74) is 5.32. The van der Waals surface area contributed by atoms with Gasteiger partial charge in [0.1, 0.15) is 0 Å². The van der Waals surface area contributed by atoms with Crippen LogP contribution in [0.2, 0.25) is 0 Å². The molecule has 1 aliphatic rings. The largest absolute Gasteiger partial charge is 0.381 e. The highest BCUT2D eigenvalue weighted by Crippen LogP contribution is 2.39. The van der Waals surface area contributed by atoms with Gasteiger partial charge in [-0.2, -0.15) is 0 Å². The Kier molecular flexibility index (Phi) is 3.84. The van der Waals surface area contributed by atoms with Gasteiger partial charge in [-0.1, -0.05) is 35.9 Å². The molecule has 0 aliphatic heterocycles. The van der Waals surface area contributed by atoms with Crippen LogP contribution in [0.1, 0.15) is 35.4 Å². The molecular formula is C18H20BrN. The van der Waals surface area contributed by atoms with Gasteiger partial charge in [-0.05, 0) is 71.8 Å². The highest BCUT2D eigenvalue weighted by molar-refractivity contribution is 9.10. The first-order valence-corrected chi connectivity index (χ1v) is 8.00. The molecule has 20 heavy (non-hydrogen) atoms. The van der Waals surface area contributed by atoms with Gasteiger partial charge in [0.2, 0.25) is 0 Å². The second-order valence-electron chi connectivity index (χ2n) is 5.90. The Bertz CT molecular complexity index is 597. The number of halogens is 1. The maximum atomic E-state index is 3.64. The van der Waals surface area contributed by atoms with Crippen molar-refractivity contribution in [3.8, 4) is 0 Å². The van der Waals surface area contributed by atoms with Gasteiger partial charge in [0.05, 0.1) is 0 Å². The van der Waals surface area contributed by atoms with E-state index in [1.54, 1.807) is 0 Å². The fourth-order valence-corrected chi connectivity index (χ4v) is 3.41. The zero-order valence-electron chi connectivity index (χ0n) is 12.0. The topological polar surface area (TPSA) is 12.0 Å². The van der Waals surface area contributed by atoms with E-state index in [2.05, 4.69) is 77.6 Å². The average Bonchev–Trinajstić information content (AvgIpc) is 2.37. The molecule has 2 heteroatoms. The minimum Gasteiger partial charge on any atom is -0.381 e. The summed E-state index contributed by atoms with van der Waals surface area (Å²) in [4.78, 5) is 0. The second-order valence-corrected chi connectivity index (χ2v) is 6.76. The molecule has 1 nitrogen and oxygen atoms in total. The molecule has 3 rings (SSSR count). The maximum absolute atomic E-state index is 3.64. The molecule has 2 aromatic carbocycles. The van der Waals surface area contributed by atoms with E-state index in [1.165, 1.54) is 35.2 Å². The first kappa shape index (κ1) is 13.7. The van der Waals surface area contributed by atoms with E-state index in [-0.39, 0.29) is 0 Å². The van der Waals surface area contributed by atoms with Crippen LogP contribution < -0.4 is 5.32 Å². The Hall–Kier alpha value is -1.28. The number of rotatable bonds is 3. The summed E-state index contributed by atoms with van der Waals surface area (Å²) in [5, 5.41) is 3.64. The lowest BCUT2D eigenvalue weighted by Gasteiger charge is -2.37. The fourth-order valence-electron chi connectivity index (χ4n) is 2.80. The van der Waals surface area contributed by atoms with Crippen LogP contribution in [-0.2, 0) is 0 Å². The molecule has 104 valence electrons. The normalized spacial score (nSPS) is 21.4. The van der Waals surface area contributed by atoms with Gasteiger partial charge in [0, 0.05) is 16.2 Å². The molecular weight excluding hydrogens is 310 g/mol. The van der Waals surface area contributed by atoms with Crippen LogP contribution in [0, 0.1) is 13.8 Å². The first-order chi connectivity index (χ1) is 9.61. The minimum atomic E-state index is 0.598. The molecule has 1 N–H and O–H groups in total. The molecule has 0 amide bonds. The molecule has 0 saturated heterocycles. The molecule has 0 heterocycles. The van der Waals surface area contributed by atoms with Crippen molar-refractivity contribution >= 4 is 21.6 Å². The highest BCUT2D eigenvalue weighted by Gasteiger charge is 2.30. The Morgan fingerprint density at radius 1 is 0.950 bits per heavy atom. The van der Waals surface area contributed by atoms with E-state index in [1.807, 2.05) is 0 Å². The van der Waals surface area contributed by atoms with Crippen LogP contribution in [0.4, 0.5) is 5.69 Å². The van der Waals surface area contributed by atoms with Crippen molar-refractivity contribution in [2.24, 2.45) is 0 Å². The predicted octanol–water partition coefficient (Wildman–Crippen LogP) is 5.42. The Balaban J connectivity index is 1.59. The SMILES string of the molecule is Cc1ccc(C2CC(Nc3ccc(C)cc3Br)C2)cc1. The smallest absolute Gasteiger partial charge is 0.0486 e. The van der Waals surface area contributed by atoms with Crippen LogP contribution in [0.15, 0.2) is 46.9 Å². The molecule has 2 aromatic rings. The van der Waals surface area contributed by atoms with Crippen molar-refractivity contribution in [3.63, 3.8) is 0 Å². The summed E-state index contributed by atoms with van der Waals surface area (Å²) < 4.78 is 1.16. The summed E-state index contributed by atoms with van der Waals surface area (Å²) in [5.74, 6) is 0.720. The number of aryl methyl sites for hydroxylation is 2. The van der Waals surface area contributed by atoms with Gasteiger partial charge in [-0.3, -0.25) is 0 Å². The third-order valence-corrected chi connectivity index (χ3v) is 4.83. The van der Waals surface area contributed by atoms with E-state index >= 15 is 0 Å². The average molecular weight is 330 g/mol. The Morgan fingerprint density at radius 3 is 2.25 bits per heavy atom. The van der Waals surface area contributed by atoms with Crippen molar-refractivity contribution in [2.45, 2.75) is 38.6 Å². The number of anilines is 1. The van der Waals surface area contributed by atoms with E-state index < -0.39 is 0 Å². The standard InChI is InChI=1S/C18H20BrN/c1-12-3-6-14(7-4-12)15-10-16(11-15)20-18-8-5-13(2)9-17(18)19/h3-9,15-16,20H,10-11H2,1-2H3. The molecule has 1 saturated carbocycles. The summed E-state index contributed by atoms with van der Waals surface area (Å²) in [6, 6.07) is 16.1. The third kappa shape index (κ3) is 2.90. The van der Waals surface area contributed by atoms with Crippen LogP contribution in [0.3, 0.4) is 0 Å². The van der Waals surface area contributed by atoms with Gasteiger partial charge >= 0.3 is 0 Å². The zero-order chi connectivity index (χ0) is 14.1. The molecule has 0 radical (unpaired) electrons. The van der Waals surface area contributed by atoms with E-state index in [9.17, 15) is 0 Å². The van der Waals surface area contributed by atoms with E-state index in [4.69, 9.17) is 0 Å². The predicted molar refractivity (Wildman–Crippen MR) is 89.4 cm³/mol. The Labute approximate surface area is 129 Å². The molecule has 0 bridgehead atoms. The maximum Gasteiger partial charge on any atom is 0.0486 e. The van der Waals surface area contributed by atoms with Gasteiger partial charge in [0.25, 0.3) is 0 Å². The van der Waals surface area contributed by atoms with Gasteiger partial charge in [-0.15, -0.1) is 0 Å². The van der Waals surface area contributed by atoms with Gasteiger partial charge in [-0.25, -0.2) is 0 Å². The molecule has 0 atom stereocenters. The lowest BCUT2D eigenvalue weighted by Crippen LogP contribution is -2.34. The number of hydrogen-bond acceptors (Lipinski definition) is 1. The van der Waals surface area contributed by atoms with Crippen molar-refractivity contribution in [1.29, 1.82) is 0 Å². The summed E-state index contributed by atoms with van der Waals surface area (Å²) in [6.45, 7) is 4.26. The monoisotopic (exact) mass is 329 g/mol. The van der Waals surface area contributed by atoms with E-state index in [0.29, 0.717) is 6.04 Å². The van der Waals surface area contributed by atoms with Crippen LogP contribution in [0.25, 0.3) is 0 Å².